The minimum absolute atomic E-state index is 0.583. The molecule has 0 unspecified atom stereocenters. The van der Waals surface area contributed by atoms with Crippen LogP contribution in [0.25, 0.3) is 0 Å². The Kier molecular flexibility index (Phi) is 3.90. The molecule has 1 aromatic carbocycles. The molecule has 2 atom stereocenters. The number of likely N-dealkylation sites (tertiary alicyclic amines) is 1. The summed E-state index contributed by atoms with van der Waals surface area (Å²) in [6, 6.07) is 10.9. The quantitative estimate of drug-likeness (QED) is 0.881. The van der Waals surface area contributed by atoms with Gasteiger partial charge in [0.05, 0.1) is 5.60 Å². The maximum Gasteiger partial charge on any atom is 0.0911 e. The molecule has 1 aliphatic carbocycles. The van der Waals surface area contributed by atoms with E-state index in [2.05, 4.69) is 17.0 Å². The van der Waals surface area contributed by atoms with Gasteiger partial charge in [-0.1, -0.05) is 36.8 Å². The summed E-state index contributed by atoms with van der Waals surface area (Å²) in [5.74, 6) is 0. The first-order valence-corrected chi connectivity index (χ1v) is 7.80. The van der Waals surface area contributed by atoms with Crippen LogP contribution in [-0.4, -0.2) is 29.1 Å². The topological polar surface area (TPSA) is 23.5 Å². The average molecular weight is 259 g/mol. The van der Waals surface area contributed by atoms with Crippen molar-refractivity contribution in [3.05, 3.63) is 35.9 Å². The number of rotatable bonds is 2. The lowest BCUT2D eigenvalue weighted by Crippen LogP contribution is -2.46. The summed E-state index contributed by atoms with van der Waals surface area (Å²) in [7, 11) is 0. The predicted molar refractivity (Wildman–Crippen MR) is 78.0 cm³/mol. The molecule has 2 aliphatic rings. The minimum atomic E-state index is -0.596. The first-order chi connectivity index (χ1) is 9.28. The Balaban J connectivity index is 1.73. The fourth-order valence-corrected chi connectivity index (χ4v) is 3.83. The predicted octanol–water partition coefficient (Wildman–Crippen LogP) is 3.30. The molecule has 0 amide bonds. The van der Waals surface area contributed by atoms with Gasteiger partial charge in [0.25, 0.3) is 0 Å². The zero-order valence-electron chi connectivity index (χ0n) is 11.7. The number of piperidine rings is 1. The monoisotopic (exact) mass is 259 g/mol. The van der Waals surface area contributed by atoms with E-state index in [-0.39, 0.29) is 0 Å². The molecule has 0 radical (unpaired) electrons. The van der Waals surface area contributed by atoms with Crippen molar-refractivity contribution >= 4 is 0 Å². The summed E-state index contributed by atoms with van der Waals surface area (Å²) in [5.41, 5.74) is 0.512. The van der Waals surface area contributed by atoms with E-state index in [0.717, 1.165) is 24.8 Å². The van der Waals surface area contributed by atoms with E-state index in [9.17, 15) is 5.11 Å². The first-order valence-electron chi connectivity index (χ1n) is 7.80. The highest BCUT2D eigenvalue weighted by Crippen LogP contribution is 2.39. The zero-order chi connectivity index (χ0) is 13.1. The highest BCUT2D eigenvalue weighted by molar-refractivity contribution is 5.23. The van der Waals surface area contributed by atoms with Crippen molar-refractivity contribution in [2.24, 2.45) is 0 Å². The van der Waals surface area contributed by atoms with Gasteiger partial charge in [0.2, 0.25) is 0 Å². The third kappa shape index (κ3) is 2.85. The van der Waals surface area contributed by atoms with Crippen LogP contribution in [0.15, 0.2) is 30.3 Å². The lowest BCUT2D eigenvalue weighted by molar-refractivity contribution is -0.0387. The molecule has 1 saturated heterocycles. The molecule has 1 N–H and O–H groups in total. The number of hydrogen-bond donors (Lipinski definition) is 1. The van der Waals surface area contributed by atoms with Gasteiger partial charge in [-0.3, -0.25) is 0 Å². The van der Waals surface area contributed by atoms with E-state index < -0.39 is 5.60 Å². The van der Waals surface area contributed by atoms with Crippen LogP contribution in [0.4, 0.5) is 0 Å². The van der Waals surface area contributed by atoms with Crippen LogP contribution in [0.2, 0.25) is 0 Å². The van der Waals surface area contributed by atoms with Crippen LogP contribution in [0.3, 0.4) is 0 Å². The Hall–Kier alpha value is -0.860. The van der Waals surface area contributed by atoms with Crippen molar-refractivity contribution in [2.45, 2.75) is 56.6 Å². The van der Waals surface area contributed by atoms with Crippen LogP contribution in [0.1, 0.15) is 50.5 Å². The van der Waals surface area contributed by atoms with Crippen LogP contribution < -0.4 is 0 Å². The maximum absolute atomic E-state index is 11.0. The SMILES string of the molecule is O[C@@]1(c2ccccc2)CCC[C@@H](N2CCCCC2)C1. The Bertz CT molecular complexity index is 399. The van der Waals surface area contributed by atoms with Crippen molar-refractivity contribution in [3.63, 3.8) is 0 Å². The van der Waals surface area contributed by atoms with Crippen molar-refractivity contribution in [1.82, 2.24) is 4.90 Å². The van der Waals surface area contributed by atoms with Gasteiger partial charge in [-0.2, -0.15) is 0 Å². The molecular weight excluding hydrogens is 234 g/mol. The summed E-state index contributed by atoms with van der Waals surface area (Å²) in [5, 5.41) is 11.0. The molecule has 2 nitrogen and oxygen atoms in total. The van der Waals surface area contributed by atoms with Crippen molar-refractivity contribution in [3.8, 4) is 0 Å². The molecule has 1 saturated carbocycles. The molecule has 1 aliphatic heterocycles. The third-order valence-electron chi connectivity index (χ3n) is 4.92. The molecule has 2 fully saturated rings. The summed E-state index contributed by atoms with van der Waals surface area (Å²) in [6.07, 6.45) is 8.28. The Morgan fingerprint density at radius 3 is 2.47 bits per heavy atom. The lowest BCUT2D eigenvalue weighted by atomic mass is 9.76. The molecule has 104 valence electrons. The van der Waals surface area contributed by atoms with Crippen LogP contribution >= 0.6 is 0 Å². The van der Waals surface area contributed by atoms with Crippen LogP contribution in [-0.2, 0) is 5.60 Å². The standard InChI is InChI=1S/C17H25NO/c19-17(15-8-3-1-4-9-15)11-7-10-16(14-17)18-12-5-2-6-13-18/h1,3-4,8-9,16,19H,2,5-7,10-14H2/t16-,17+/m1/s1. The molecule has 0 aromatic heterocycles. The van der Waals surface area contributed by atoms with E-state index >= 15 is 0 Å². The molecular formula is C17H25NO. The van der Waals surface area contributed by atoms with Gasteiger partial charge in [0.15, 0.2) is 0 Å². The smallest absolute Gasteiger partial charge is 0.0911 e. The van der Waals surface area contributed by atoms with E-state index in [1.807, 2.05) is 18.2 Å². The van der Waals surface area contributed by atoms with Crippen molar-refractivity contribution in [1.29, 1.82) is 0 Å². The van der Waals surface area contributed by atoms with E-state index in [1.54, 1.807) is 0 Å². The molecule has 3 rings (SSSR count). The van der Waals surface area contributed by atoms with E-state index in [4.69, 9.17) is 0 Å². The molecule has 1 heterocycles. The van der Waals surface area contributed by atoms with Gasteiger partial charge < -0.3 is 10.0 Å². The number of nitrogens with zero attached hydrogens (tertiary/aromatic N) is 1. The fraction of sp³-hybridized carbons (Fsp3) is 0.647. The fourth-order valence-electron chi connectivity index (χ4n) is 3.83. The van der Waals surface area contributed by atoms with Gasteiger partial charge >= 0.3 is 0 Å². The van der Waals surface area contributed by atoms with Gasteiger partial charge in [0.1, 0.15) is 0 Å². The minimum Gasteiger partial charge on any atom is -0.385 e. The van der Waals surface area contributed by atoms with Gasteiger partial charge in [0, 0.05) is 6.04 Å². The van der Waals surface area contributed by atoms with Crippen molar-refractivity contribution in [2.75, 3.05) is 13.1 Å². The molecule has 0 spiro atoms. The number of aliphatic hydroxyl groups is 1. The molecule has 2 heteroatoms. The second kappa shape index (κ2) is 5.64. The second-order valence-corrected chi connectivity index (χ2v) is 6.24. The van der Waals surface area contributed by atoms with E-state index in [1.165, 1.54) is 38.8 Å². The largest absolute Gasteiger partial charge is 0.385 e. The molecule has 1 aromatic rings. The second-order valence-electron chi connectivity index (χ2n) is 6.24. The molecule has 19 heavy (non-hydrogen) atoms. The zero-order valence-corrected chi connectivity index (χ0v) is 11.7. The number of benzene rings is 1. The highest BCUT2D eigenvalue weighted by Gasteiger charge is 2.38. The maximum atomic E-state index is 11.0. The summed E-state index contributed by atoms with van der Waals surface area (Å²) >= 11 is 0. The summed E-state index contributed by atoms with van der Waals surface area (Å²) < 4.78 is 0. The first kappa shape index (κ1) is 13.1. The van der Waals surface area contributed by atoms with Crippen LogP contribution in [0, 0.1) is 0 Å². The Morgan fingerprint density at radius 1 is 1.00 bits per heavy atom. The average Bonchev–Trinajstić information content (AvgIpc) is 2.49. The van der Waals surface area contributed by atoms with Crippen molar-refractivity contribution < 1.29 is 5.11 Å². The van der Waals surface area contributed by atoms with E-state index in [0.29, 0.717) is 6.04 Å². The van der Waals surface area contributed by atoms with Crippen LogP contribution in [0.5, 0.6) is 0 Å². The van der Waals surface area contributed by atoms with Gasteiger partial charge in [-0.05, 0) is 57.2 Å². The van der Waals surface area contributed by atoms with Gasteiger partial charge in [-0.25, -0.2) is 0 Å². The summed E-state index contributed by atoms with van der Waals surface area (Å²) in [4.78, 5) is 2.62. The van der Waals surface area contributed by atoms with Gasteiger partial charge in [-0.15, -0.1) is 0 Å². The Morgan fingerprint density at radius 2 is 1.74 bits per heavy atom. The molecule has 0 bridgehead atoms. The number of hydrogen-bond acceptors (Lipinski definition) is 2. The third-order valence-corrected chi connectivity index (χ3v) is 4.92. The summed E-state index contributed by atoms with van der Waals surface area (Å²) in [6.45, 7) is 2.46. The lowest BCUT2D eigenvalue weighted by Gasteiger charge is -2.43. The highest BCUT2D eigenvalue weighted by atomic mass is 16.3. The normalized spacial score (nSPS) is 33.2. The Labute approximate surface area is 116 Å².